The quantitative estimate of drug-likeness (QED) is 0.659. The van der Waals surface area contributed by atoms with Crippen molar-refractivity contribution in [2.24, 2.45) is 0 Å². The van der Waals surface area contributed by atoms with E-state index < -0.39 is 17.7 Å². The van der Waals surface area contributed by atoms with E-state index in [1.807, 2.05) is 0 Å². The number of aromatic nitrogens is 1. The molecule has 1 N–H and O–H groups in total. The van der Waals surface area contributed by atoms with Crippen LogP contribution in [-0.4, -0.2) is 24.0 Å². The van der Waals surface area contributed by atoms with Crippen LogP contribution in [0.2, 0.25) is 5.02 Å². The largest absolute Gasteiger partial charge is 0.465 e. The standard InChI is InChI=1S/C18H12ClFN2O3S/c1-25-17(24)11-7-5-10(6-8-11)14-9-26-18(21-14)22-16(23)15-12(19)3-2-4-13(15)20/h2-9H,1H3,(H,21,22,23). The van der Waals surface area contributed by atoms with Gasteiger partial charge in [0.15, 0.2) is 5.13 Å². The summed E-state index contributed by atoms with van der Waals surface area (Å²) in [6.07, 6.45) is 0. The van der Waals surface area contributed by atoms with E-state index in [1.165, 1.54) is 30.6 Å². The predicted molar refractivity (Wildman–Crippen MR) is 98.3 cm³/mol. The molecule has 3 aromatic rings. The van der Waals surface area contributed by atoms with Gasteiger partial charge in [-0.15, -0.1) is 11.3 Å². The Kier molecular flexibility index (Phi) is 5.29. The van der Waals surface area contributed by atoms with Crippen molar-refractivity contribution in [2.75, 3.05) is 12.4 Å². The smallest absolute Gasteiger partial charge is 0.337 e. The van der Waals surface area contributed by atoms with Crippen LogP contribution >= 0.6 is 22.9 Å². The second-order valence-electron chi connectivity index (χ2n) is 5.16. The van der Waals surface area contributed by atoms with Crippen molar-refractivity contribution in [3.63, 3.8) is 0 Å². The van der Waals surface area contributed by atoms with Crippen LogP contribution in [-0.2, 0) is 4.74 Å². The molecule has 1 amide bonds. The lowest BCUT2D eigenvalue weighted by Crippen LogP contribution is -2.14. The highest BCUT2D eigenvalue weighted by molar-refractivity contribution is 7.14. The van der Waals surface area contributed by atoms with Gasteiger partial charge in [0.1, 0.15) is 5.82 Å². The lowest BCUT2D eigenvalue weighted by molar-refractivity contribution is 0.0600. The van der Waals surface area contributed by atoms with Gasteiger partial charge in [0.05, 0.1) is 29.0 Å². The molecule has 0 aliphatic heterocycles. The normalized spacial score (nSPS) is 10.4. The van der Waals surface area contributed by atoms with Crippen LogP contribution in [0.5, 0.6) is 0 Å². The summed E-state index contributed by atoms with van der Waals surface area (Å²) >= 11 is 7.08. The first-order valence-corrected chi connectivity index (χ1v) is 8.65. The van der Waals surface area contributed by atoms with Crippen molar-refractivity contribution in [1.82, 2.24) is 4.98 Å². The van der Waals surface area contributed by atoms with Crippen LogP contribution in [0.1, 0.15) is 20.7 Å². The third-order valence-corrected chi connectivity index (χ3v) is 4.59. The predicted octanol–water partition coefficient (Wildman–Crippen LogP) is 4.64. The van der Waals surface area contributed by atoms with Gasteiger partial charge in [-0.3, -0.25) is 10.1 Å². The number of nitrogens with zero attached hydrogens (tertiary/aromatic N) is 1. The van der Waals surface area contributed by atoms with Crippen molar-refractivity contribution >= 4 is 39.9 Å². The number of hydrogen-bond donors (Lipinski definition) is 1. The van der Waals surface area contributed by atoms with Gasteiger partial charge in [-0.1, -0.05) is 29.8 Å². The first kappa shape index (κ1) is 18.0. The topological polar surface area (TPSA) is 68.3 Å². The number of carbonyl (C=O) groups excluding carboxylic acids is 2. The third kappa shape index (κ3) is 3.74. The van der Waals surface area contributed by atoms with Crippen LogP contribution in [0.4, 0.5) is 9.52 Å². The minimum absolute atomic E-state index is 0.0256. The number of hydrogen-bond acceptors (Lipinski definition) is 5. The molecule has 0 saturated heterocycles. The first-order valence-electron chi connectivity index (χ1n) is 7.39. The Hall–Kier alpha value is -2.77. The van der Waals surface area contributed by atoms with Crippen molar-refractivity contribution in [3.8, 4) is 11.3 Å². The summed E-state index contributed by atoms with van der Waals surface area (Å²) in [5.41, 5.74) is 1.57. The Morgan fingerprint density at radius 2 is 1.92 bits per heavy atom. The van der Waals surface area contributed by atoms with Crippen LogP contribution in [0.3, 0.4) is 0 Å². The van der Waals surface area contributed by atoms with Crippen molar-refractivity contribution < 1.29 is 18.7 Å². The summed E-state index contributed by atoms with van der Waals surface area (Å²) in [6.45, 7) is 0. The Labute approximate surface area is 157 Å². The molecule has 3 rings (SSSR count). The second-order valence-corrected chi connectivity index (χ2v) is 6.42. The van der Waals surface area contributed by atoms with E-state index in [9.17, 15) is 14.0 Å². The van der Waals surface area contributed by atoms with Crippen molar-refractivity contribution in [2.45, 2.75) is 0 Å². The molecule has 0 fully saturated rings. The zero-order chi connectivity index (χ0) is 18.7. The number of benzene rings is 2. The molecule has 0 atom stereocenters. The highest BCUT2D eigenvalue weighted by Gasteiger charge is 2.17. The van der Waals surface area contributed by atoms with Crippen molar-refractivity contribution in [1.29, 1.82) is 0 Å². The Balaban J connectivity index is 1.78. The van der Waals surface area contributed by atoms with Gasteiger partial charge in [0.25, 0.3) is 5.91 Å². The fraction of sp³-hybridized carbons (Fsp3) is 0.0556. The molecule has 5 nitrogen and oxygen atoms in total. The number of ether oxygens (including phenoxy) is 1. The van der Waals surface area contributed by atoms with Gasteiger partial charge in [0.2, 0.25) is 0 Å². The first-order chi connectivity index (χ1) is 12.5. The fourth-order valence-electron chi connectivity index (χ4n) is 2.23. The molecule has 2 aromatic carbocycles. The van der Waals surface area contributed by atoms with Gasteiger partial charge >= 0.3 is 5.97 Å². The van der Waals surface area contributed by atoms with E-state index in [0.29, 0.717) is 16.4 Å². The number of anilines is 1. The number of nitrogens with one attached hydrogen (secondary N) is 1. The number of rotatable bonds is 4. The summed E-state index contributed by atoms with van der Waals surface area (Å²) in [6, 6.07) is 10.7. The van der Waals surface area contributed by atoms with Gasteiger partial charge < -0.3 is 4.74 Å². The Morgan fingerprint density at radius 1 is 1.19 bits per heavy atom. The molecule has 8 heteroatoms. The molecule has 0 aliphatic carbocycles. The molecule has 0 radical (unpaired) electrons. The monoisotopic (exact) mass is 390 g/mol. The Morgan fingerprint density at radius 3 is 2.58 bits per heavy atom. The van der Waals surface area contributed by atoms with Gasteiger partial charge in [0, 0.05) is 10.9 Å². The molecular weight excluding hydrogens is 379 g/mol. The van der Waals surface area contributed by atoms with Crippen molar-refractivity contribution in [3.05, 3.63) is 69.8 Å². The van der Waals surface area contributed by atoms with Crippen LogP contribution < -0.4 is 5.32 Å². The van der Waals surface area contributed by atoms with Crippen LogP contribution in [0, 0.1) is 5.82 Å². The van der Waals surface area contributed by atoms with E-state index in [0.717, 1.165) is 11.6 Å². The summed E-state index contributed by atoms with van der Waals surface area (Å²) in [5.74, 6) is -1.80. The highest BCUT2D eigenvalue weighted by Crippen LogP contribution is 2.27. The molecule has 1 aromatic heterocycles. The maximum Gasteiger partial charge on any atom is 0.337 e. The van der Waals surface area contributed by atoms with Gasteiger partial charge in [-0.2, -0.15) is 0 Å². The zero-order valence-electron chi connectivity index (χ0n) is 13.5. The van der Waals surface area contributed by atoms with Crippen LogP contribution in [0.25, 0.3) is 11.3 Å². The molecule has 132 valence electrons. The summed E-state index contributed by atoms with van der Waals surface area (Å²) in [7, 11) is 1.31. The molecular formula is C18H12ClFN2O3S. The number of amides is 1. The minimum atomic E-state index is -0.704. The lowest BCUT2D eigenvalue weighted by atomic mass is 10.1. The van der Waals surface area contributed by atoms with E-state index >= 15 is 0 Å². The zero-order valence-corrected chi connectivity index (χ0v) is 15.0. The molecule has 0 unspecified atom stereocenters. The molecule has 0 spiro atoms. The fourth-order valence-corrected chi connectivity index (χ4v) is 3.20. The average molecular weight is 391 g/mol. The molecule has 0 saturated carbocycles. The Bertz CT molecular complexity index is 953. The number of carbonyl (C=O) groups is 2. The highest BCUT2D eigenvalue weighted by atomic mass is 35.5. The second kappa shape index (κ2) is 7.63. The number of esters is 1. The van der Waals surface area contributed by atoms with Gasteiger partial charge in [-0.05, 0) is 24.3 Å². The summed E-state index contributed by atoms with van der Waals surface area (Å²) < 4.78 is 18.5. The third-order valence-electron chi connectivity index (χ3n) is 3.52. The number of methoxy groups -OCH3 is 1. The molecule has 1 heterocycles. The molecule has 26 heavy (non-hydrogen) atoms. The number of halogens is 2. The minimum Gasteiger partial charge on any atom is -0.465 e. The maximum absolute atomic E-state index is 13.8. The molecule has 0 bridgehead atoms. The van der Waals surface area contributed by atoms with E-state index in [4.69, 9.17) is 11.6 Å². The average Bonchev–Trinajstić information content (AvgIpc) is 3.09. The lowest BCUT2D eigenvalue weighted by Gasteiger charge is -2.05. The SMILES string of the molecule is COC(=O)c1ccc(-c2csc(NC(=O)c3c(F)cccc3Cl)n2)cc1. The maximum atomic E-state index is 13.8. The summed E-state index contributed by atoms with van der Waals surface area (Å²) in [4.78, 5) is 28.0. The van der Waals surface area contributed by atoms with E-state index in [-0.39, 0.29) is 10.6 Å². The van der Waals surface area contributed by atoms with Gasteiger partial charge in [-0.25, -0.2) is 14.2 Å². The molecule has 0 aliphatic rings. The van der Waals surface area contributed by atoms with E-state index in [2.05, 4.69) is 15.0 Å². The number of thiazole rings is 1. The summed E-state index contributed by atoms with van der Waals surface area (Å²) in [5, 5.41) is 4.61. The van der Waals surface area contributed by atoms with Crippen LogP contribution in [0.15, 0.2) is 47.8 Å². The van der Waals surface area contributed by atoms with E-state index in [1.54, 1.807) is 29.6 Å².